The Kier molecular flexibility index (Phi) is 13.8. The van der Waals surface area contributed by atoms with Crippen LogP contribution in [0.5, 0.6) is 17.2 Å². The first-order valence-electron chi connectivity index (χ1n) is 15.5. The molecule has 3 aliphatic rings. The minimum absolute atomic E-state index is 0.0220. The first kappa shape index (κ1) is 41.4. The molecule has 4 N–H and O–H groups in total. The second-order valence-corrected chi connectivity index (χ2v) is 12.9. The molecule has 3 heterocycles. The van der Waals surface area contributed by atoms with Crippen LogP contribution in [0.1, 0.15) is 35.2 Å². The highest BCUT2D eigenvalue weighted by molar-refractivity contribution is 6.30. The highest BCUT2D eigenvalue weighted by Crippen LogP contribution is 2.42. The highest BCUT2D eigenvalue weighted by atomic mass is 35.5. The number of aromatic hydroxyl groups is 1. The number of fused-ring (bicyclic) bond motifs is 1. The Bertz CT molecular complexity index is 1510. The lowest BCUT2D eigenvalue weighted by Crippen LogP contribution is -2.49. The van der Waals surface area contributed by atoms with Crippen molar-refractivity contribution in [3.63, 3.8) is 0 Å². The summed E-state index contributed by atoms with van der Waals surface area (Å²) in [5.41, 5.74) is 1.38. The molecule has 2 aromatic rings. The summed E-state index contributed by atoms with van der Waals surface area (Å²) in [6.45, 7) is 3.48. The molecule has 3 aliphatic heterocycles. The number of likely N-dealkylation sites (tertiary alicyclic amines) is 2. The van der Waals surface area contributed by atoms with Crippen molar-refractivity contribution < 1.29 is 70.6 Å². The van der Waals surface area contributed by atoms with Crippen molar-refractivity contribution in [3.8, 4) is 17.2 Å². The average molecular weight is 758 g/mol. The molecule has 0 unspecified atom stereocenters. The van der Waals surface area contributed by atoms with Crippen molar-refractivity contribution in [1.29, 1.82) is 0 Å². The SMILES string of the molecule is CN(C)[C@H]1CCN(C(=O)c2ccc(O)cc2OC[C@@H](O)CN2CCC3(CC2)Cc2cc(Cl)ccc2O3)C1.O=C(O)C(F)(F)F.O=C(O)C(F)(F)F. The molecule has 5 rings (SSSR count). The third-order valence-corrected chi connectivity index (χ3v) is 8.63. The quantitative estimate of drug-likeness (QED) is 0.299. The summed E-state index contributed by atoms with van der Waals surface area (Å²) in [5, 5.41) is 35.7. The summed E-state index contributed by atoms with van der Waals surface area (Å²) in [4.78, 5) is 37.2. The Morgan fingerprint density at radius 1 is 1.00 bits per heavy atom. The number of carbonyl (C=O) groups is 3. The molecule has 0 aromatic heterocycles. The van der Waals surface area contributed by atoms with Gasteiger partial charge >= 0.3 is 24.3 Å². The largest absolute Gasteiger partial charge is 0.508 e. The standard InChI is InChI=1S/C28H36ClN3O5.2C2HF3O2/c1-30(2)21-7-10-32(16-21)27(35)24-5-4-22(33)14-26(24)36-18-23(34)17-31-11-8-28(9-12-31)15-19-13-20(29)3-6-25(19)37-28;2*3-2(4,5)1(6)7/h3-6,13-14,21,23,33-34H,7-12,15-18H2,1-2H3;2*(H,6,7)/t21-,23-;;/m0../s1. The number of carboxylic acids is 2. The number of rotatable bonds is 7. The summed E-state index contributed by atoms with van der Waals surface area (Å²) in [6.07, 6.45) is -7.36. The molecule has 2 fully saturated rings. The first-order valence-corrected chi connectivity index (χ1v) is 15.9. The number of aliphatic hydroxyl groups excluding tert-OH is 1. The van der Waals surface area contributed by atoms with Gasteiger partial charge in [0, 0.05) is 69.1 Å². The second-order valence-electron chi connectivity index (χ2n) is 12.4. The van der Waals surface area contributed by atoms with E-state index in [-0.39, 0.29) is 23.9 Å². The van der Waals surface area contributed by atoms with Gasteiger partial charge in [0.05, 0.1) is 5.56 Å². The Morgan fingerprint density at radius 2 is 1.59 bits per heavy atom. The number of hydrogen-bond donors (Lipinski definition) is 4. The Labute approximate surface area is 293 Å². The van der Waals surface area contributed by atoms with Crippen LogP contribution < -0.4 is 9.47 Å². The van der Waals surface area contributed by atoms with E-state index in [1.54, 1.807) is 6.07 Å². The number of benzene rings is 2. The van der Waals surface area contributed by atoms with E-state index >= 15 is 0 Å². The number of phenols is 1. The van der Waals surface area contributed by atoms with E-state index in [0.29, 0.717) is 37.0 Å². The molecule has 2 saturated heterocycles. The van der Waals surface area contributed by atoms with Gasteiger partial charge in [0.15, 0.2) is 0 Å². The lowest BCUT2D eigenvalue weighted by atomic mass is 9.87. The fourth-order valence-electron chi connectivity index (χ4n) is 5.69. The Balaban J connectivity index is 0.000000424. The van der Waals surface area contributed by atoms with Crippen molar-refractivity contribution in [1.82, 2.24) is 14.7 Å². The van der Waals surface area contributed by atoms with E-state index in [1.165, 1.54) is 12.1 Å². The molecule has 0 saturated carbocycles. The minimum atomic E-state index is -5.08. The van der Waals surface area contributed by atoms with Crippen molar-refractivity contribution in [2.75, 3.05) is 53.4 Å². The van der Waals surface area contributed by atoms with Gasteiger partial charge in [0.2, 0.25) is 0 Å². The van der Waals surface area contributed by atoms with Crippen LogP contribution in [0, 0.1) is 0 Å². The number of carbonyl (C=O) groups excluding carboxylic acids is 1. The van der Waals surface area contributed by atoms with Gasteiger partial charge in [0.1, 0.15) is 35.6 Å². The number of hydrogen-bond acceptors (Lipinski definition) is 9. The van der Waals surface area contributed by atoms with Gasteiger partial charge < -0.3 is 44.6 Å². The maximum absolute atomic E-state index is 13.2. The van der Waals surface area contributed by atoms with Crippen LogP contribution in [0.25, 0.3) is 0 Å². The zero-order chi connectivity index (χ0) is 38.3. The van der Waals surface area contributed by atoms with E-state index in [4.69, 9.17) is 40.9 Å². The van der Waals surface area contributed by atoms with Gasteiger partial charge in [-0.05, 0) is 56.4 Å². The van der Waals surface area contributed by atoms with Crippen molar-refractivity contribution >= 4 is 29.4 Å². The highest BCUT2D eigenvalue weighted by Gasteiger charge is 2.42. The van der Waals surface area contributed by atoms with E-state index < -0.39 is 30.4 Å². The van der Waals surface area contributed by atoms with Crippen LogP contribution in [0.15, 0.2) is 36.4 Å². The zero-order valence-corrected chi connectivity index (χ0v) is 28.3. The van der Waals surface area contributed by atoms with Gasteiger partial charge in [-0.2, -0.15) is 26.3 Å². The number of phenolic OH excluding ortho intramolecular Hbond substituents is 1. The summed E-state index contributed by atoms with van der Waals surface area (Å²) in [7, 11) is 4.04. The smallest absolute Gasteiger partial charge is 0.490 e. The Hall–Kier alpha value is -4.00. The lowest BCUT2D eigenvalue weighted by molar-refractivity contribution is -0.193. The third-order valence-electron chi connectivity index (χ3n) is 8.39. The van der Waals surface area contributed by atoms with Crippen LogP contribution in [0.3, 0.4) is 0 Å². The molecule has 19 heteroatoms. The number of halogens is 7. The summed E-state index contributed by atoms with van der Waals surface area (Å²) < 4.78 is 75.7. The maximum atomic E-state index is 13.2. The number of alkyl halides is 6. The molecule has 12 nitrogen and oxygen atoms in total. The number of likely N-dealkylation sites (N-methyl/N-ethyl adjacent to an activating group) is 1. The molecule has 0 radical (unpaired) electrons. The van der Waals surface area contributed by atoms with Gasteiger partial charge in [-0.1, -0.05) is 11.6 Å². The zero-order valence-electron chi connectivity index (χ0n) is 27.5. The van der Waals surface area contributed by atoms with Crippen molar-refractivity contribution in [2.24, 2.45) is 0 Å². The molecular weight excluding hydrogens is 720 g/mol. The minimum Gasteiger partial charge on any atom is -0.508 e. The third kappa shape index (κ3) is 12.0. The number of ether oxygens (including phenoxy) is 2. The molecular formula is C32H38ClF6N3O9. The topological polar surface area (TPSA) is 160 Å². The predicted octanol–water partition coefficient (Wildman–Crippen LogP) is 4.30. The van der Waals surface area contributed by atoms with Gasteiger partial charge in [0.25, 0.3) is 5.91 Å². The molecule has 1 spiro atoms. The van der Waals surface area contributed by atoms with Crippen LogP contribution >= 0.6 is 11.6 Å². The Morgan fingerprint density at radius 3 is 2.12 bits per heavy atom. The van der Waals surface area contributed by atoms with E-state index in [2.05, 4.69) is 9.80 Å². The number of carboxylic acid groups (broad SMARTS) is 2. The molecule has 0 bridgehead atoms. The number of aliphatic hydroxyl groups is 1. The van der Waals surface area contributed by atoms with Gasteiger partial charge in [-0.25, -0.2) is 9.59 Å². The molecule has 284 valence electrons. The van der Waals surface area contributed by atoms with Gasteiger partial charge in [-0.3, -0.25) is 4.79 Å². The normalized spacial score (nSPS) is 18.9. The maximum Gasteiger partial charge on any atom is 0.490 e. The molecule has 2 aromatic carbocycles. The predicted molar refractivity (Wildman–Crippen MR) is 169 cm³/mol. The molecule has 0 aliphatic carbocycles. The molecule has 1 amide bonds. The van der Waals surface area contributed by atoms with Crippen molar-refractivity contribution in [2.45, 2.75) is 55.8 Å². The molecule has 2 atom stereocenters. The summed E-state index contributed by atoms with van der Waals surface area (Å²) in [6, 6.07) is 10.7. The fraction of sp³-hybridized carbons (Fsp3) is 0.531. The van der Waals surface area contributed by atoms with Crippen LogP contribution in [-0.2, 0) is 16.0 Å². The number of β-amino-alcohol motifs (C(OH)–C–C–N with tert-alkyl or cyclic N) is 1. The number of nitrogens with zero attached hydrogens (tertiary/aromatic N) is 3. The fourth-order valence-corrected chi connectivity index (χ4v) is 5.88. The summed E-state index contributed by atoms with van der Waals surface area (Å²) >= 11 is 6.15. The monoisotopic (exact) mass is 757 g/mol. The van der Waals surface area contributed by atoms with E-state index in [0.717, 1.165) is 55.1 Å². The molecule has 51 heavy (non-hydrogen) atoms. The second kappa shape index (κ2) is 17.0. The number of aliphatic carboxylic acids is 2. The lowest BCUT2D eigenvalue weighted by Gasteiger charge is -2.39. The van der Waals surface area contributed by atoms with Crippen LogP contribution in [0.4, 0.5) is 26.3 Å². The van der Waals surface area contributed by atoms with E-state index in [1.807, 2.05) is 37.2 Å². The van der Waals surface area contributed by atoms with Gasteiger partial charge in [-0.15, -0.1) is 0 Å². The summed E-state index contributed by atoms with van der Waals surface area (Å²) in [5.74, 6) is -4.39. The van der Waals surface area contributed by atoms with Crippen LogP contribution in [0.2, 0.25) is 5.02 Å². The average Bonchev–Trinajstić information content (AvgIpc) is 3.66. The van der Waals surface area contributed by atoms with Crippen LogP contribution in [-0.4, -0.2) is 136 Å². The number of piperidine rings is 1. The van der Waals surface area contributed by atoms with Crippen molar-refractivity contribution in [3.05, 3.63) is 52.5 Å². The first-order chi connectivity index (χ1) is 23.6. The van der Waals surface area contributed by atoms with E-state index in [9.17, 15) is 41.4 Å². The number of amides is 1.